The number of nitriles is 1. The average Bonchev–Trinajstić information content (AvgIpc) is 3.23. The highest BCUT2D eigenvalue weighted by atomic mass is 32.2. The van der Waals surface area contributed by atoms with Crippen LogP contribution in [0.5, 0.6) is 0 Å². The van der Waals surface area contributed by atoms with E-state index in [1.54, 1.807) is 12.1 Å². The van der Waals surface area contributed by atoms with E-state index < -0.39 is 10.9 Å². The zero-order valence-corrected chi connectivity index (χ0v) is 10.7. The molecule has 6 heteroatoms. The van der Waals surface area contributed by atoms with Gasteiger partial charge in [0.15, 0.2) is 0 Å². The smallest absolute Gasteiger partial charge is 0.253 e. The van der Waals surface area contributed by atoms with Gasteiger partial charge in [0.1, 0.15) is 23.2 Å². The lowest BCUT2D eigenvalue weighted by atomic mass is 10.2. The molecule has 0 bridgehead atoms. The number of aliphatic hydroxyl groups excluding tert-OH is 1. The number of hydrogen-bond donors (Lipinski definition) is 2. The maximum absolute atomic E-state index is 13.3. The van der Waals surface area contributed by atoms with Gasteiger partial charge in [-0.3, -0.25) is 4.79 Å². The molecule has 1 saturated carbocycles. The summed E-state index contributed by atoms with van der Waals surface area (Å²) in [7, 11) is 0. The monoisotopic (exact) mass is 278 g/mol. The minimum absolute atomic E-state index is 0.0762. The molecule has 0 spiro atoms. The zero-order chi connectivity index (χ0) is 13.8. The summed E-state index contributed by atoms with van der Waals surface area (Å²) >= 11 is 0.581. The van der Waals surface area contributed by atoms with Crippen LogP contribution in [0.15, 0.2) is 35.6 Å². The normalized spacial score (nSPS) is 15.4. The van der Waals surface area contributed by atoms with Crippen molar-refractivity contribution in [2.75, 3.05) is 4.72 Å². The minimum Gasteiger partial charge on any atom is -0.510 e. The Labute approximate surface area is 114 Å². The van der Waals surface area contributed by atoms with Crippen molar-refractivity contribution in [3.63, 3.8) is 0 Å². The first-order valence-electron chi connectivity index (χ1n) is 5.68. The lowest BCUT2D eigenvalue weighted by Crippen LogP contribution is -2.05. The summed E-state index contributed by atoms with van der Waals surface area (Å²) in [5.74, 6) is -0.723. The van der Waals surface area contributed by atoms with Crippen molar-refractivity contribution in [1.29, 1.82) is 5.26 Å². The number of anilines is 1. The summed E-state index contributed by atoms with van der Waals surface area (Å²) in [6.07, 6.45) is 1.57. The van der Waals surface area contributed by atoms with Gasteiger partial charge in [0, 0.05) is 17.9 Å². The van der Waals surface area contributed by atoms with E-state index >= 15 is 0 Å². The maximum Gasteiger partial charge on any atom is 0.253 e. The van der Waals surface area contributed by atoms with Crippen LogP contribution >= 0.6 is 11.9 Å². The van der Waals surface area contributed by atoms with Crippen molar-refractivity contribution in [2.45, 2.75) is 12.8 Å². The van der Waals surface area contributed by atoms with Crippen molar-refractivity contribution in [3.05, 3.63) is 41.4 Å². The predicted molar refractivity (Wildman–Crippen MR) is 70.6 cm³/mol. The maximum atomic E-state index is 13.3. The molecular weight excluding hydrogens is 267 g/mol. The largest absolute Gasteiger partial charge is 0.510 e. The van der Waals surface area contributed by atoms with Gasteiger partial charge in [0.2, 0.25) is 0 Å². The fourth-order valence-corrected chi connectivity index (χ4v) is 2.09. The van der Waals surface area contributed by atoms with Crippen LogP contribution in [-0.2, 0) is 4.79 Å². The Morgan fingerprint density at radius 3 is 2.74 bits per heavy atom. The zero-order valence-electron chi connectivity index (χ0n) is 9.89. The number of allylic oxidation sites excluding steroid dienone is 1. The summed E-state index contributed by atoms with van der Waals surface area (Å²) in [6.45, 7) is 0. The molecule has 1 aliphatic rings. The average molecular weight is 278 g/mol. The van der Waals surface area contributed by atoms with Gasteiger partial charge in [-0.15, -0.1) is 0 Å². The van der Waals surface area contributed by atoms with Crippen molar-refractivity contribution >= 4 is 22.8 Å². The molecule has 0 aromatic heterocycles. The van der Waals surface area contributed by atoms with E-state index in [4.69, 9.17) is 5.26 Å². The third-order valence-electron chi connectivity index (χ3n) is 2.66. The second kappa shape index (κ2) is 5.76. The Morgan fingerprint density at radius 1 is 1.47 bits per heavy atom. The number of halogens is 1. The number of nitrogens with one attached hydrogen (secondary N) is 1. The van der Waals surface area contributed by atoms with Gasteiger partial charge in [-0.05, 0) is 25.0 Å². The highest BCUT2D eigenvalue weighted by Crippen LogP contribution is 2.37. The molecule has 0 heterocycles. The van der Waals surface area contributed by atoms with Crippen LogP contribution in [0.4, 0.5) is 10.1 Å². The number of carbonyl (C=O) groups is 1. The summed E-state index contributed by atoms with van der Waals surface area (Å²) in [6, 6.07) is 7.60. The van der Waals surface area contributed by atoms with Crippen molar-refractivity contribution in [1.82, 2.24) is 0 Å². The molecule has 2 rings (SSSR count). The molecule has 2 N–H and O–H groups in total. The second-order valence-electron chi connectivity index (χ2n) is 4.12. The first kappa shape index (κ1) is 13.4. The molecule has 19 heavy (non-hydrogen) atoms. The Kier molecular flexibility index (Phi) is 4.07. The molecule has 1 aromatic rings. The van der Waals surface area contributed by atoms with Crippen molar-refractivity contribution < 1.29 is 14.3 Å². The molecule has 98 valence electrons. The molecular formula is C13H11FN2O2S. The van der Waals surface area contributed by atoms with Crippen LogP contribution in [0.3, 0.4) is 0 Å². The number of para-hydroxylation sites is 1. The van der Waals surface area contributed by atoms with Crippen LogP contribution in [0, 0.1) is 23.1 Å². The van der Waals surface area contributed by atoms with E-state index in [-0.39, 0.29) is 22.9 Å². The number of nitrogens with zero attached hydrogens (tertiary/aromatic N) is 1. The Hall–Kier alpha value is -2.00. The van der Waals surface area contributed by atoms with Crippen LogP contribution in [0.25, 0.3) is 0 Å². The molecule has 1 aliphatic carbocycles. The van der Waals surface area contributed by atoms with Gasteiger partial charge in [0.25, 0.3) is 5.12 Å². The first-order valence-corrected chi connectivity index (χ1v) is 6.50. The second-order valence-corrected chi connectivity index (χ2v) is 4.90. The van der Waals surface area contributed by atoms with Gasteiger partial charge in [-0.2, -0.15) is 5.26 Å². The summed E-state index contributed by atoms with van der Waals surface area (Å²) in [4.78, 5) is 11.8. The van der Waals surface area contributed by atoms with Crippen molar-refractivity contribution in [3.8, 4) is 6.07 Å². The van der Waals surface area contributed by atoms with Gasteiger partial charge in [0.05, 0.1) is 5.69 Å². The fourth-order valence-electron chi connectivity index (χ4n) is 1.46. The van der Waals surface area contributed by atoms with E-state index in [9.17, 15) is 14.3 Å². The van der Waals surface area contributed by atoms with Crippen LogP contribution in [-0.4, -0.2) is 10.2 Å². The third-order valence-corrected chi connectivity index (χ3v) is 3.38. The molecule has 4 nitrogen and oxygen atoms in total. The summed E-state index contributed by atoms with van der Waals surface area (Å²) in [5.41, 5.74) is -0.111. The molecule has 1 fully saturated rings. The summed E-state index contributed by atoms with van der Waals surface area (Å²) in [5, 5.41) is 18.0. The number of hydrogen-bond acceptors (Lipinski definition) is 5. The predicted octanol–water partition coefficient (Wildman–Crippen LogP) is 3.16. The SMILES string of the molecule is N#CC(C(=O)SNc1ccccc1F)=C(O)C1CC1. The lowest BCUT2D eigenvalue weighted by molar-refractivity contribution is -0.107. The first-order chi connectivity index (χ1) is 9.13. The van der Waals surface area contributed by atoms with Gasteiger partial charge >= 0.3 is 0 Å². The Bertz CT molecular complexity index is 576. The van der Waals surface area contributed by atoms with Crippen LogP contribution in [0.1, 0.15) is 12.8 Å². The quantitative estimate of drug-likeness (QED) is 0.383. The Balaban J connectivity index is 2.03. The molecule has 0 saturated heterocycles. The molecule has 0 atom stereocenters. The topological polar surface area (TPSA) is 73.1 Å². The highest BCUT2D eigenvalue weighted by Gasteiger charge is 2.31. The summed E-state index contributed by atoms with van der Waals surface area (Å²) < 4.78 is 15.8. The van der Waals surface area contributed by atoms with Gasteiger partial charge in [-0.25, -0.2) is 4.39 Å². The van der Waals surface area contributed by atoms with Gasteiger partial charge < -0.3 is 9.83 Å². The molecule has 0 radical (unpaired) electrons. The number of benzene rings is 1. The standard InChI is InChI=1S/C13H11FN2O2S/c14-10-3-1-2-4-11(10)16-19-13(18)9(7-15)12(17)8-5-6-8/h1-4,8,16-17H,5-6H2. The van der Waals surface area contributed by atoms with E-state index in [0.717, 1.165) is 12.8 Å². The van der Waals surface area contributed by atoms with Crippen LogP contribution < -0.4 is 4.72 Å². The van der Waals surface area contributed by atoms with Gasteiger partial charge in [-0.1, -0.05) is 12.1 Å². The fraction of sp³-hybridized carbons (Fsp3) is 0.231. The lowest BCUT2D eigenvalue weighted by Gasteiger charge is -2.05. The molecule has 1 aromatic carbocycles. The van der Waals surface area contributed by atoms with E-state index in [1.807, 2.05) is 0 Å². The van der Waals surface area contributed by atoms with Crippen molar-refractivity contribution in [2.24, 2.45) is 5.92 Å². The molecule has 0 unspecified atom stereocenters. The molecule has 0 aliphatic heterocycles. The van der Waals surface area contributed by atoms with Crippen LogP contribution in [0.2, 0.25) is 0 Å². The number of aliphatic hydroxyl groups is 1. The molecule has 0 amide bonds. The third kappa shape index (κ3) is 3.26. The Morgan fingerprint density at radius 2 is 2.16 bits per heavy atom. The highest BCUT2D eigenvalue weighted by molar-refractivity contribution is 8.15. The van der Waals surface area contributed by atoms with E-state index in [2.05, 4.69) is 4.72 Å². The minimum atomic E-state index is -0.616. The number of rotatable bonds is 4. The van der Waals surface area contributed by atoms with E-state index in [1.165, 1.54) is 18.2 Å². The van der Waals surface area contributed by atoms with E-state index in [0.29, 0.717) is 11.9 Å². The number of carbonyl (C=O) groups excluding carboxylic acids is 1.